The predicted molar refractivity (Wildman–Crippen MR) is 105 cm³/mol. The molecule has 27 heavy (non-hydrogen) atoms. The van der Waals surface area contributed by atoms with E-state index in [4.69, 9.17) is 4.74 Å². The molecule has 1 aromatic heterocycles. The molecule has 3 aromatic rings. The molecule has 6 nitrogen and oxygen atoms in total. The molecule has 2 aromatic carbocycles. The van der Waals surface area contributed by atoms with Crippen LogP contribution in [0.4, 0.5) is 17.2 Å². The fraction of sp³-hybridized carbons (Fsp3) is 0.0952. The quantitative estimate of drug-likeness (QED) is 0.640. The van der Waals surface area contributed by atoms with Gasteiger partial charge in [0, 0.05) is 16.8 Å². The number of benzene rings is 2. The van der Waals surface area contributed by atoms with Gasteiger partial charge in [-0.1, -0.05) is 12.1 Å². The maximum Gasteiger partial charge on any atom is 0.256 e. The van der Waals surface area contributed by atoms with Gasteiger partial charge < -0.3 is 15.4 Å². The minimum Gasteiger partial charge on any atom is -0.497 e. The summed E-state index contributed by atoms with van der Waals surface area (Å²) in [5, 5.41) is 5.93. The van der Waals surface area contributed by atoms with Crippen molar-refractivity contribution >= 4 is 28.9 Å². The van der Waals surface area contributed by atoms with Gasteiger partial charge >= 0.3 is 0 Å². The van der Waals surface area contributed by atoms with Crippen LogP contribution >= 0.6 is 0 Å². The first-order valence-electron chi connectivity index (χ1n) is 8.34. The average Bonchev–Trinajstić information content (AvgIpc) is 2.69. The number of rotatable bonds is 6. The lowest BCUT2D eigenvalue weighted by Gasteiger charge is -2.09. The zero-order valence-corrected chi connectivity index (χ0v) is 15.0. The molecule has 0 aliphatic heterocycles. The molecule has 3 rings (SSSR count). The van der Waals surface area contributed by atoms with Crippen molar-refractivity contribution < 1.29 is 14.3 Å². The molecule has 1 amide bonds. The number of amides is 1. The molecular formula is C21H19N3O3. The summed E-state index contributed by atoms with van der Waals surface area (Å²) in [5.74, 6) is 0.890. The second-order valence-electron chi connectivity index (χ2n) is 5.88. The number of hydrogen-bond donors (Lipinski definition) is 2. The predicted octanol–water partition coefficient (Wildman–Crippen LogP) is 4.29. The molecule has 0 fully saturated rings. The van der Waals surface area contributed by atoms with Gasteiger partial charge in [0.05, 0.1) is 19.0 Å². The molecule has 0 unspecified atom stereocenters. The maximum absolute atomic E-state index is 12.3. The fourth-order valence-corrected chi connectivity index (χ4v) is 2.46. The van der Waals surface area contributed by atoms with Gasteiger partial charge in [0.2, 0.25) is 0 Å². The molecule has 0 aliphatic rings. The van der Waals surface area contributed by atoms with E-state index in [1.807, 2.05) is 12.1 Å². The highest BCUT2D eigenvalue weighted by atomic mass is 16.5. The van der Waals surface area contributed by atoms with Crippen molar-refractivity contribution in [2.75, 3.05) is 17.7 Å². The fourth-order valence-electron chi connectivity index (χ4n) is 2.46. The van der Waals surface area contributed by atoms with Crippen molar-refractivity contribution in [3.8, 4) is 5.75 Å². The summed E-state index contributed by atoms with van der Waals surface area (Å²) in [4.78, 5) is 28.0. The van der Waals surface area contributed by atoms with Gasteiger partial charge in [-0.2, -0.15) is 0 Å². The Morgan fingerprint density at radius 2 is 1.70 bits per heavy atom. The summed E-state index contributed by atoms with van der Waals surface area (Å²) < 4.78 is 5.08. The van der Waals surface area contributed by atoms with Gasteiger partial charge in [-0.25, -0.2) is 4.98 Å². The molecular weight excluding hydrogens is 342 g/mol. The van der Waals surface area contributed by atoms with E-state index in [0.717, 1.165) is 11.4 Å². The highest BCUT2D eigenvalue weighted by Gasteiger charge is 2.07. The number of carbonyl (C=O) groups is 2. The maximum atomic E-state index is 12.3. The van der Waals surface area contributed by atoms with Gasteiger partial charge in [-0.3, -0.25) is 9.59 Å². The third kappa shape index (κ3) is 4.70. The first-order chi connectivity index (χ1) is 13.0. The molecule has 0 radical (unpaired) electrons. The van der Waals surface area contributed by atoms with Crippen LogP contribution < -0.4 is 15.4 Å². The molecule has 136 valence electrons. The number of ketones is 1. The van der Waals surface area contributed by atoms with Crippen molar-refractivity contribution in [3.05, 3.63) is 78.0 Å². The van der Waals surface area contributed by atoms with Crippen molar-refractivity contribution in [1.82, 2.24) is 4.98 Å². The summed E-state index contributed by atoms with van der Waals surface area (Å²) in [5.41, 5.74) is 2.69. The average molecular weight is 361 g/mol. The van der Waals surface area contributed by atoms with Crippen molar-refractivity contribution in [2.24, 2.45) is 0 Å². The third-order valence-electron chi connectivity index (χ3n) is 3.92. The van der Waals surface area contributed by atoms with Crippen molar-refractivity contribution in [1.29, 1.82) is 0 Å². The van der Waals surface area contributed by atoms with Crippen LogP contribution in [0.15, 0.2) is 66.9 Å². The number of nitrogens with zero attached hydrogens (tertiary/aromatic N) is 1. The summed E-state index contributed by atoms with van der Waals surface area (Å²) in [7, 11) is 1.57. The second kappa shape index (κ2) is 8.14. The Labute approximate surface area is 157 Å². The Balaban J connectivity index is 1.65. The Hall–Kier alpha value is -3.67. The zero-order valence-electron chi connectivity index (χ0n) is 15.0. The lowest BCUT2D eigenvalue weighted by atomic mass is 10.1. The number of methoxy groups -OCH3 is 1. The lowest BCUT2D eigenvalue weighted by molar-refractivity contribution is 0.101. The highest BCUT2D eigenvalue weighted by molar-refractivity contribution is 6.03. The van der Waals surface area contributed by atoms with Crippen LogP contribution in [0.1, 0.15) is 27.6 Å². The largest absolute Gasteiger partial charge is 0.497 e. The number of Topliss-reactive ketones (excluding diaryl/α,β-unsaturated/α-hetero) is 1. The number of anilines is 3. The van der Waals surface area contributed by atoms with E-state index in [1.165, 1.54) is 6.92 Å². The standard InChI is InChI=1S/C21H19N3O3/c1-14(25)16-4-3-5-17(12-16)23-18-8-11-20(22-13-18)24-21(26)15-6-9-19(27-2)10-7-15/h3-13,23H,1-2H3,(H,22,24,26). The molecule has 0 atom stereocenters. The molecule has 2 N–H and O–H groups in total. The molecule has 0 bridgehead atoms. The zero-order chi connectivity index (χ0) is 19.2. The Kier molecular flexibility index (Phi) is 5.47. The van der Waals surface area contributed by atoms with E-state index in [1.54, 1.807) is 61.8 Å². The number of aromatic nitrogens is 1. The van der Waals surface area contributed by atoms with Gasteiger partial charge in [0.1, 0.15) is 11.6 Å². The van der Waals surface area contributed by atoms with Crippen LogP contribution in [0.2, 0.25) is 0 Å². The minimum absolute atomic E-state index is 0.00775. The normalized spacial score (nSPS) is 10.1. The van der Waals surface area contributed by atoms with Gasteiger partial charge in [0.25, 0.3) is 5.91 Å². The third-order valence-corrected chi connectivity index (χ3v) is 3.92. The van der Waals surface area contributed by atoms with Gasteiger partial charge in [0.15, 0.2) is 5.78 Å². The Morgan fingerprint density at radius 1 is 0.926 bits per heavy atom. The van der Waals surface area contributed by atoms with Crippen LogP contribution in [0.25, 0.3) is 0 Å². The highest BCUT2D eigenvalue weighted by Crippen LogP contribution is 2.19. The van der Waals surface area contributed by atoms with Crippen LogP contribution in [0.5, 0.6) is 5.75 Å². The summed E-state index contributed by atoms with van der Waals surface area (Å²) in [6.45, 7) is 1.53. The van der Waals surface area contributed by atoms with E-state index in [2.05, 4.69) is 15.6 Å². The summed E-state index contributed by atoms with van der Waals surface area (Å²) in [6, 6.07) is 17.6. The van der Waals surface area contributed by atoms with E-state index in [0.29, 0.717) is 22.7 Å². The van der Waals surface area contributed by atoms with Crippen molar-refractivity contribution in [3.63, 3.8) is 0 Å². The van der Waals surface area contributed by atoms with E-state index < -0.39 is 0 Å². The van der Waals surface area contributed by atoms with Gasteiger partial charge in [-0.15, -0.1) is 0 Å². The summed E-state index contributed by atoms with van der Waals surface area (Å²) >= 11 is 0. The number of carbonyl (C=O) groups excluding carboxylic acids is 2. The van der Waals surface area contributed by atoms with Crippen LogP contribution in [0, 0.1) is 0 Å². The molecule has 0 saturated carbocycles. The van der Waals surface area contributed by atoms with E-state index in [9.17, 15) is 9.59 Å². The number of ether oxygens (including phenoxy) is 1. The number of hydrogen-bond acceptors (Lipinski definition) is 5. The molecule has 1 heterocycles. The van der Waals surface area contributed by atoms with E-state index in [-0.39, 0.29) is 11.7 Å². The minimum atomic E-state index is -0.250. The Morgan fingerprint density at radius 3 is 2.33 bits per heavy atom. The first-order valence-corrected chi connectivity index (χ1v) is 8.34. The lowest BCUT2D eigenvalue weighted by Crippen LogP contribution is -2.12. The van der Waals surface area contributed by atoms with E-state index >= 15 is 0 Å². The monoisotopic (exact) mass is 361 g/mol. The van der Waals surface area contributed by atoms with Gasteiger partial charge in [-0.05, 0) is 55.5 Å². The second-order valence-corrected chi connectivity index (χ2v) is 5.88. The smallest absolute Gasteiger partial charge is 0.256 e. The van der Waals surface area contributed by atoms with Crippen molar-refractivity contribution in [2.45, 2.75) is 6.92 Å². The molecule has 0 spiro atoms. The first kappa shape index (κ1) is 18.1. The number of pyridine rings is 1. The van der Waals surface area contributed by atoms with Crippen LogP contribution in [-0.4, -0.2) is 23.8 Å². The molecule has 6 heteroatoms. The Bertz CT molecular complexity index is 951. The molecule has 0 aliphatic carbocycles. The number of nitrogens with one attached hydrogen (secondary N) is 2. The molecule has 0 saturated heterocycles. The van der Waals surface area contributed by atoms with Crippen LogP contribution in [0.3, 0.4) is 0 Å². The topological polar surface area (TPSA) is 80.3 Å². The summed E-state index contributed by atoms with van der Waals surface area (Å²) in [6.07, 6.45) is 1.62. The SMILES string of the molecule is COc1ccc(C(=O)Nc2ccc(Nc3cccc(C(C)=O)c3)cn2)cc1. The van der Waals surface area contributed by atoms with Crippen LogP contribution in [-0.2, 0) is 0 Å².